The van der Waals surface area contributed by atoms with Crippen molar-refractivity contribution in [3.8, 4) is 5.75 Å². The molecule has 0 radical (unpaired) electrons. The number of aromatic nitrogens is 1. The predicted molar refractivity (Wildman–Crippen MR) is 54.3 cm³/mol. The second kappa shape index (κ2) is 4.39. The van der Waals surface area contributed by atoms with E-state index in [0.717, 1.165) is 0 Å². The first kappa shape index (κ1) is 10.9. The van der Waals surface area contributed by atoms with Gasteiger partial charge in [-0.25, -0.2) is 0 Å². The maximum absolute atomic E-state index is 9.28. The number of nitrogens with zero attached hydrogens (tertiary/aromatic N) is 1. The molecule has 1 heterocycles. The number of methoxy groups -OCH3 is 1. The first-order valence-electron chi connectivity index (χ1n) is 4.48. The fourth-order valence-corrected chi connectivity index (χ4v) is 1.24. The van der Waals surface area contributed by atoms with Gasteiger partial charge in [-0.1, -0.05) is 6.92 Å². The van der Waals surface area contributed by atoms with Crippen LogP contribution >= 0.6 is 0 Å². The van der Waals surface area contributed by atoms with E-state index in [1.807, 2.05) is 13.0 Å². The molecule has 1 rings (SSSR count). The summed E-state index contributed by atoms with van der Waals surface area (Å²) >= 11 is 0. The van der Waals surface area contributed by atoms with Crippen molar-refractivity contribution >= 4 is 0 Å². The minimum Gasteiger partial charge on any atom is -0.495 e. The summed E-state index contributed by atoms with van der Waals surface area (Å²) in [6, 6.07) is 3.60. The molecule has 0 fully saturated rings. The number of ether oxygens (including phenoxy) is 1. The van der Waals surface area contributed by atoms with Crippen LogP contribution in [0.15, 0.2) is 18.3 Å². The third-order valence-electron chi connectivity index (χ3n) is 2.36. The Morgan fingerprint density at radius 3 is 2.86 bits per heavy atom. The molecule has 78 valence electrons. The van der Waals surface area contributed by atoms with Crippen molar-refractivity contribution in [1.29, 1.82) is 0 Å². The van der Waals surface area contributed by atoms with E-state index in [1.165, 1.54) is 0 Å². The Balaban J connectivity index is 3.15. The van der Waals surface area contributed by atoms with Crippen LogP contribution in [0.4, 0.5) is 0 Å². The average Bonchev–Trinajstić information content (AvgIpc) is 2.28. The lowest BCUT2D eigenvalue weighted by Crippen LogP contribution is -2.36. The Hall–Kier alpha value is -1.13. The molecular weight excluding hydrogens is 180 g/mol. The number of aliphatic hydroxyl groups excluding tert-OH is 1. The zero-order chi connectivity index (χ0) is 10.6. The van der Waals surface area contributed by atoms with Crippen LogP contribution in [0.1, 0.15) is 12.6 Å². The predicted octanol–water partition coefficient (Wildman–Crippen LogP) is 0.299. The van der Waals surface area contributed by atoms with E-state index in [2.05, 4.69) is 4.98 Å². The summed E-state index contributed by atoms with van der Waals surface area (Å²) in [5.41, 5.74) is 5.78. The highest BCUT2D eigenvalue weighted by Crippen LogP contribution is 2.28. The van der Waals surface area contributed by atoms with Crippen molar-refractivity contribution in [3.05, 3.63) is 24.0 Å². The quantitative estimate of drug-likeness (QED) is 0.726. The molecule has 3 N–H and O–H groups in total. The molecule has 0 amide bonds. The van der Waals surface area contributed by atoms with Gasteiger partial charge in [0.15, 0.2) is 0 Å². The smallest absolute Gasteiger partial charge is 0.141 e. The lowest BCUT2D eigenvalue weighted by Gasteiger charge is -2.26. The van der Waals surface area contributed by atoms with Crippen molar-refractivity contribution in [3.63, 3.8) is 0 Å². The zero-order valence-corrected chi connectivity index (χ0v) is 8.53. The molecule has 0 aromatic carbocycles. The van der Waals surface area contributed by atoms with Crippen molar-refractivity contribution in [2.75, 3.05) is 20.3 Å². The van der Waals surface area contributed by atoms with Gasteiger partial charge in [0, 0.05) is 18.2 Å². The van der Waals surface area contributed by atoms with E-state index in [1.54, 1.807) is 19.4 Å². The van der Waals surface area contributed by atoms with Crippen LogP contribution < -0.4 is 10.5 Å². The van der Waals surface area contributed by atoms with Crippen molar-refractivity contribution in [2.45, 2.75) is 12.3 Å². The van der Waals surface area contributed by atoms with Gasteiger partial charge in [-0.2, -0.15) is 0 Å². The third-order valence-corrected chi connectivity index (χ3v) is 2.36. The Morgan fingerprint density at radius 2 is 2.36 bits per heavy atom. The topological polar surface area (TPSA) is 68.4 Å². The summed E-state index contributed by atoms with van der Waals surface area (Å²) in [5, 5.41) is 9.28. The molecule has 0 bridgehead atoms. The molecule has 0 saturated carbocycles. The summed E-state index contributed by atoms with van der Waals surface area (Å²) < 4.78 is 5.17. The third kappa shape index (κ3) is 1.86. The van der Waals surface area contributed by atoms with Gasteiger partial charge in [-0.05, 0) is 12.1 Å². The summed E-state index contributed by atoms with van der Waals surface area (Å²) in [6.07, 6.45) is 1.67. The van der Waals surface area contributed by atoms with Crippen molar-refractivity contribution < 1.29 is 9.84 Å². The summed E-state index contributed by atoms with van der Waals surface area (Å²) in [6.45, 7) is 2.14. The highest BCUT2D eigenvalue weighted by atomic mass is 16.5. The summed E-state index contributed by atoms with van der Waals surface area (Å²) in [7, 11) is 1.58. The standard InChI is InChI=1S/C10H16N2O2/c1-10(6-11,7-13)9-8(14-2)4-3-5-12-9/h3-5,13H,6-7,11H2,1-2H3. The monoisotopic (exact) mass is 196 g/mol. The number of hydrogen-bond donors (Lipinski definition) is 2. The van der Waals surface area contributed by atoms with Crippen LogP contribution in [-0.4, -0.2) is 30.4 Å². The Bertz CT molecular complexity index is 298. The molecule has 4 heteroatoms. The average molecular weight is 196 g/mol. The maximum atomic E-state index is 9.28. The summed E-state index contributed by atoms with van der Waals surface area (Å²) in [4.78, 5) is 4.20. The fraction of sp³-hybridized carbons (Fsp3) is 0.500. The Morgan fingerprint density at radius 1 is 1.64 bits per heavy atom. The normalized spacial score (nSPS) is 14.9. The van der Waals surface area contributed by atoms with E-state index in [9.17, 15) is 5.11 Å². The molecule has 0 aliphatic rings. The van der Waals surface area contributed by atoms with Gasteiger partial charge < -0.3 is 15.6 Å². The minimum atomic E-state index is -0.535. The highest BCUT2D eigenvalue weighted by molar-refractivity contribution is 5.33. The minimum absolute atomic E-state index is 0.0448. The van der Waals surface area contributed by atoms with Gasteiger partial charge in [0.2, 0.25) is 0 Å². The lowest BCUT2D eigenvalue weighted by molar-refractivity contribution is 0.203. The first-order chi connectivity index (χ1) is 6.68. The molecule has 0 saturated heterocycles. The van der Waals surface area contributed by atoms with E-state index in [-0.39, 0.29) is 6.61 Å². The molecule has 1 unspecified atom stereocenters. The van der Waals surface area contributed by atoms with Gasteiger partial charge in [0.05, 0.1) is 19.4 Å². The molecule has 14 heavy (non-hydrogen) atoms. The van der Waals surface area contributed by atoms with Crippen molar-refractivity contribution in [2.24, 2.45) is 5.73 Å². The molecule has 1 aromatic rings. The highest BCUT2D eigenvalue weighted by Gasteiger charge is 2.28. The van der Waals surface area contributed by atoms with Crippen LogP contribution in [0.2, 0.25) is 0 Å². The number of rotatable bonds is 4. The van der Waals surface area contributed by atoms with E-state index < -0.39 is 5.41 Å². The van der Waals surface area contributed by atoms with Gasteiger partial charge in [0.1, 0.15) is 5.75 Å². The summed E-state index contributed by atoms with van der Waals surface area (Å²) in [5.74, 6) is 0.662. The second-order valence-corrected chi connectivity index (χ2v) is 3.48. The van der Waals surface area contributed by atoms with E-state index in [0.29, 0.717) is 18.0 Å². The largest absolute Gasteiger partial charge is 0.495 e. The number of nitrogens with two attached hydrogens (primary N) is 1. The van der Waals surface area contributed by atoms with Crippen LogP contribution in [-0.2, 0) is 5.41 Å². The van der Waals surface area contributed by atoms with Crippen molar-refractivity contribution in [1.82, 2.24) is 4.98 Å². The number of aliphatic hydroxyl groups is 1. The molecule has 1 aromatic heterocycles. The van der Waals surface area contributed by atoms with Gasteiger partial charge in [0.25, 0.3) is 0 Å². The van der Waals surface area contributed by atoms with E-state index >= 15 is 0 Å². The maximum Gasteiger partial charge on any atom is 0.141 e. The Labute approximate surface area is 83.7 Å². The molecule has 4 nitrogen and oxygen atoms in total. The van der Waals surface area contributed by atoms with Crippen LogP contribution in [0, 0.1) is 0 Å². The lowest BCUT2D eigenvalue weighted by atomic mass is 9.87. The number of pyridine rings is 1. The van der Waals surface area contributed by atoms with Gasteiger partial charge in [-0.15, -0.1) is 0 Å². The molecule has 0 aliphatic carbocycles. The first-order valence-corrected chi connectivity index (χ1v) is 4.48. The van der Waals surface area contributed by atoms with E-state index in [4.69, 9.17) is 10.5 Å². The number of hydrogen-bond acceptors (Lipinski definition) is 4. The van der Waals surface area contributed by atoms with Crippen LogP contribution in [0.5, 0.6) is 5.75 Å². The molecule has 0 spiro atoms. The van der Waals surface area contributed by atoms with Crippen LogP contribution in [0.3, 0.4) is 0 Å². The Kier molecular flexibility index (Phi) is 3.43. The zero-order valence-electron chi connectivity index (χ0n) is 8.53. The van der Waals surface area contributed by atoms with Gasteiger partial charge in [-0.3, -0.25) is 4.98 Å². The molecule has 0 aliphatic heterocycles. The van der Waals surface area contributed by atoms with Crippen LogP contribution in [0.25, 0.3) is 0 Å². The second-order valence-electron chi connectivity index (χ2n) is 3.48. The molecule has 1 atom stereocenters. The molecular formula is C10H16N2O2. The fourth-order valence-electron chi connectivity index (χ4n) is 1.24. The van der Waals surface area contributed by atoms with Gasteiger partial charge >= 0.3 is 0 Å². The SMILES string of the molecule is COc1cccnc1C(C)(CN)CO.